The third-order valence-electron chi connectivity index (χ3n) is 2.37. The number of carbonyl (C=O) groups excluding carboxylic acids is 2. The molecule has 7 heteroatoms. The van der Waals surface area contributed by atoms with Crippen molar-refractivity contribution in [1.29, 1.82) is 0 Å². The molecule has 1 amide bonds. The van der Waals surface area contributed by atoms with E-state index in [2.05, 4.69) is 27.3 Å². The summed E-state index contributed by atoms with van der Waals surface area (Å²) in [5, 5.41) is 10.1. The average Bonchev–Trinajstić information content (AvgIpc) is 2.76. The van der Waals surface area contributed by atoms with Gasteiger partial charge in [-0.05, 0) is 13.3 Å². The van der Waals surface area contributed by atoms with Crippen LogP contribution in [-0.2, 0) is 16.1 Å². The third-order valence-corrected chi connectivity index (χ3v) is 2.37. The van der Waals surface area contributed by atoms with Crippen LogP contribution in [0.25, 0.3) is 0 Å². The molecule has 100 valence electrons. The average molecular weight is 254 g/mol. The number of carbonyl (C=O) groups is 2. The van der Waals surface area contributed by atoms with Crippen LogP contribution in [0.4, 0.5) is 0 Å². The number of amides is 1. The zero-order valence-electron chi connectivity index (χ0n) is 10.8. The maximum absolute atomic E-state index is 11.6. The lowest BCUT2D eigenvalue weighted by molar-refractivity contribution is -0.122. The Morgan fingerprint density at radius 1 is 1.56 bits per heavy atom. The van der Waals surface area contributed by atoms with Crippen molar-refractivity contribution in [2.45, 2.75) is 39.3 Å². The van der Waals surface area contributed by atoms with Gasteiger partial charge in [0.25, 0.3) is 0 Å². The van der Waals surface area contributed by atoms with Crippen molar-refractivity contribution in [2.24, 2.45) is 0 Å². The lowest BCUT2D eigenvalue weighted by Crippen LogP contribution is -2.35. The van der Waals surface area contributed by atoms with Crippen LogP contribution in [-0.4, -0.2) is 40.0 Å². The van der Waals surface area contributed by atoms with Gasteiger partial charge in [-0.15, -0.1) is 5.10 Å². The van der Waals surface area contributed by atoms with Gasteiger partial charge in [0, 0.05) is 6.04 Å². The maximum Gasteiger partial charge on any atom is 0.360 e. The highest BCUT2D eigenvalue weighted by atomic mass is 16.5. The summed E-state index contributed by atoms with van der Waals surface area (Å²) in [5.41, 5.74) is 0.0897. The fourth-order valence-electron chi connectivity index (χ4n) is 1.55. The molecule has 18 heavy (non-hydrogen) atoms. The minimum absolute atomic E-state index is 0.0397. The van der Waals surface area contributed by atoms with Crippen molar-refractivity contribution in [3.63, 3.8) is 0 Å². The quantitative estimate of drug-likeness (QED) is 0.741. The fourth-order valence-corrected chi connectivity index (χ4v) is 1.55. The molecule has 1 N–H and O–H groups in total. The molecule has 0 fully saturated rings. The second-order valence-corrected chi connectivity index (χ2v) is 4.05. The van der Waals surface area contributed by atoms with Gasteiger partial charge >= 0.3 is 5.97 Å². The Morgan fingerprint density at radius 2 is 2.28 bits per heavy atom. The number of esters is 1. The van der Waals surface area contributed by atoms with E-state index in [-0.39, 0.29) is 24.2 Å². The van der Waals surface area contributed by atoms with Gasteiger partial charge in [-0.25, -0.2) is 9.48 Å². The lowest BCUT2D eigenvalue weighted by atomic mass is 10.2. The van der Waals surface area contributed by atoms with Crippen molar-refractivity contribution in [3.05, 3.63) is 11.9 Å². The van der Waals surface area contributed by atoms with Gasteiger partial charge in [0.05, 0.1) is 13.3 Å². The molecule has 1 aromatic heterocycles. The minimum Gasteiger partial charge on any atom is -0.464 e. The number of ether oxygens (including phenoxy) is 1. The zero-order valence-corrected chi connectivity index (χ0v) is 10.8. The molecule has 0 spiro atoms. The minimum atomic E-state index is -0.569. The lowest BCUT2D eigenvalue weighted by Gasteiger charge is -2.12. The fraction of sp³-hybridized carbons (Fsp3) is 0.636. The standard InChI is InChI=1S/C11H18N4O3/c1-4-5-8(2)12-10(16)7-15-6-9(13-14-15)11(17)18-3/h6,8H,4-5,7H2,1-3H3,(H,12,16). The van der Waals surface area contributed by atoms with E-state index in [9.17, 15) is 9.59 Å². The van der Waals surface area contributed by atoms with Crippen molar-refractivity contribution < 1.29 is 14.3 Å². The molecule has 1 heterocycles. The monoisotopic (exact) mass is 254 g/mol. The molecule has 7 nitrogen and oxygen atoms in total. The van der Waals surface area contributed by atoms with E-state index in [0.29, 0.717) is 0 Å². The van der Waals surface area contributed by atoms with Crippen LogP contribution < -0.4 is 5.32 Å². The summed E-state index contributed by atoms with van der Waals surface area (Å²) in [6.07, 6.45) is 3.32. The summed E-state index contributed by atoms with van der Waals surface area (Å²) < 4.78 is 5.80. The Kier molecular flexibility index (Phi) is 5.29. The van der Waals surface area contributed by atoms with E-state index in [1.165, 1.54) is 18.0 Å². The Labute approximate surface area is 105 Å². The van der Waals surface area contributed by atoms with E-state index >= 15 is 0 Å². The van der Waals surface area contributed by atoms with Gasteiger partial charge in [0.15, 0.2) is 5.69 Å². The SMILES string of the molecule is CCCC(C)NC(=O)Cn1cc(C(=O)OC)nn1. The molecule has 0 bridgehead atoms. The largest absolute Gasteiger partial charge is 0.464 e. The molecule has 1 aromatic rings. The summed E-state index contributed by atoms with van der Waals surface area (Å²) in [6, 6.07) is 0.131. The van der Waals surface area contributed by atoms with Crippen LogP contribution in [0, 0.1) is 0 Å². The first-order valence-corrected chi connectivity index (χ1v) is 5.84. The number of aromatic nitrogens is 3. The van der Waals surface area contributed by atoms with Crippen LogP contribution in [0.3, 0.4) is 0 Å². The second-order valence-electron chi connectivity index (χ2n) is 4.05. The Bertz CT molecular complexity index is 416. The molecule has 1 unspecified atom stereocenters. The van der Waals surface area contributed by atoms with Crippen LogP contribution in [0.5, 0.6) is 0 Å². The molecular weight excluding hydrogens is 236 g/mol. The summed E-state index contributed by atoms with van der Waals surface area (Å²) in [6.45, 7) is 4.05. The van der Waals surface area contributed by atoms with E-state index in [1.807, 2.05) is 6.92 Å². The molecule has 0 saturated carbocycles. The summed E-state index contributed by atoms with van der Waals surface area (Å²) in [5.74, 6) is -0.724. The first-order chi connectivity index (χ1) is 8.56. The van der Waals surface area contributed by atoms with E-state index in [4.69, 9.17) is 0 Å². The van der Waals surface area contributed by atoms with Crippen molar-refractivity contribution in [1.82, 2.24) is 20.3 Å². The second kappa shape index (κ2) is 6.73. The van der Waals surface area contributed by atoms with E-state index in [1.54, 1.807) is 0 Å². The van der Waals surface area contributed by atoms with Crippen molar-refractivity contribution in [3.8, 4) is 0 Å². The van der Waals surface area contributed by atoms with Crippen LogP contribution in [0.1, 0.15) is 37.2 Å². The van der Waals surface area contributed by atoms with E-state index < -0.39 is 5.97 Å². The van der Waals surface area contributed by atoms with Gasteiger partial charge in [0.2, 0.25) is 5.91 Å². The van der Waals surface area contributed by atoms with E-state index in [0.717, 1.165) is 12.8 Å². The molecule has 0 radical (unpaired) electrons. The number of nitrogens with zero attached hydrogens (tertiary/aromatic N) is 3. The Morgan fingerprint density at radius 3 is 2.89 bits per heavy atom. The van der Waals surface area contributed by atoms with Gasteiger partial charge in [-0.3, -0.25) is 4.79 Å². The van der Waals surface area contributed by atoms with Crippen molar-refractivity contribution >= 4 is 11.9 Å². The van der Waals surface area contributed by atoms with Gasteiger partial charge < -0.3 is 10.1 Å². The summed E-state index contributed by atoms with van der Waals surface area (Å²) >= 11 is 0. The smallest absolute Gasteiger partial charge is 0.360 e. The number of methoxy groups -OCH3 is 1. The predicted molar refractivity (Wildman–Crippen MR) is 63.9 cm³/mol. The highest BCUT2D eigenvalue weighted by Crippen LogP contribution is 1.97. The first kappa shape index (κ1) is 14.1. The van der Waals surface area contributed by atoms with Gasteiger partial charge in [0.1, 0.15) is 6.54 Å². The molecule has 0 aromatic carbocycles. The summed E-state index contributed by atoms with van der Waals surface area (Å²) in [7, 11) is 1.26. The number of hydrogen-bond donors (Lipinski definition) is 1. The van der Waals surface area contributed by atoms with Crippen LogP contribution in [0.15, 0.2) is 6.20 Å². The van der Waals surface area contributed by atoms with Crippen LogP contribution >= 0.6 is 0 Å². The first-order valence-electron chi connectivity index (χ1n) is 5.84. The molecule has 1 atom stereocenters. The molecule has 0 saturated heterocycles. The van der Waals surface area contributed by atoms with Gasteiger partial charge in [-0.2, -0.15) is 0 Å². The Balaban J connectivity index is 2.49. The van der Waals surface area contributed by atoms with Crippen molar-refractivity contribution in [2.75, 3.05) is 7.11 Å². The molecule has 0 aliphatic heterocycles. The number of rotatable bonds is 6. The molecule has 0 aliphatic rings. The maximum atomic E-state index is 11.6. The topological polar surface area (TPSA) is 86.1 Å². The predicted octanol–water partition coefficient (Wildman–Crippen LogP) is 0.369. The zero-order chi connectivity index (χ0) is 13.5. The highest BCUT2D eigenvalue weighted by molar-refractivity contribution is 5.86. The molecule has 1 rings (SSSR count). The molecular formula is C11H18N4O3. The van der Waals surface area contributed by atoms with Crippen LogP contribution in [0.2, 0.25) is 0 Å². The Hall–Kier alpha value is -1.92. The third kappa shape index (κ3) is 4.15. The normalized spacial score (nSPS) is 11.9. The highest BCUT2D eigenvalue weighted by Gasteiger charge is 2.13. The number of hydrogen-bond acceptors (Lipinski definition) is 5. The molecule has 0 aliphatic carbocycles. The summed E-state index contributed by atoms with van der Waals surface area (Å²) in [4.78, 5) is 22.8. The van der Waals surface area contributed by atoms with Gasteiger partial charge in [-0.1, -0.05) is 18.6 Å². The number of nitrogens with one attached hydrogen (secondary N) is 1.